The zero-order chi connectivity index (χ0) is 9.68. The maximum absolute atomic E-state index is 10.4. The molecule has 1 aliphatic rings. The molecule has 0 aromatic rings. The van der Waals surface area contributed by atoms with Crippen LogP contribution >= 0.6 is 0 Å². The Morgan fingerprint density at radius 2 is 2.46 bits per heavy atom. The van der Waals surface area contributed by atoms with E-state index in [9.17, 15) is 4.79 Å². The number of carboxylic acid groups (broad SMARTS) is 1. The largest absolute Gasteiger partial charge is 0.480 e. The van der Waals surface area contributed by atoms with Gasteiger partial charge in [-0.3, -0.25) is 10.1 Å². The molecular formula is C8H16N2O3. The number of aliphatic carboxylic acids is 1. The van der Waals surface area contributed by atoms with Gasteiger partial charge in [0.15, 0.2) is 0 Å². The number of hydrogen-bond acceptors (Lipinski definition) is 4. The molecule has 0 saturated carbocycles. The van der Waals surface area contributed by atoms with E-state index >= 15 is 0 Å². The van der Waals surface area contributed by atoms with Crippen molar-refractivity contribution in [2.24, 2.45) is 5.73 Å². The lowest BCUT2D eigenvalue weighted by Gasteiger charge is -2.24. The molecule has 5 nitrogen and oxygen atoms in total. The second-order valence-corrected chi connectivity index (χ2v) is 3.21. The molecule has 0 aliphatic carbocycles. The van der Waals surface area contributed by atoms with Crippen LogP contribution in [-0.2, 0) is 9.53 Å². The van der Waals surface area contributed by atoms with Crippen molar-refractivity contribution < 1.29 is 14.6 Å². The van der Waals surface area contributed by atoms with Crippen molar-refractivity contribution in [3.05, 3.63) is 0 Å². The van der Waals surface area contributed by atoms with Gasteiger partial charge < -0.3 is 15.6 Å². The standard InChI is InChI=1S/C8H16N2O3/c9-6(8(11)12)5-10-7-3-1-2-4-13-7/h6-7,10H,1-5,9H2,(H,11,12). The smallest absolute Gasteiger partial charge is 0.321 e. The van der Waals surface area contributed by atoms with E-state index in [2.05, 4.69) is 5.32 Å². The van der Waals surface area contributed by atoms with Crippen molar-refractivity contribution >= 4 is 5.97 Å². The summed E-state index contributed by atoms with van der Waals surface area (Å²) in [7, 11) is 0. The summed E-state index contributed by atoms with van der Waals surface area (Å²) in [6.45, 7) is 1.01. The van der Waals surface area contributed by atoms with Crippen LogP contribution in [0.25, 0.3) is 0 Å². The Labute approximate surface area is 77.2 Å². The Hall–Kier alpha value is -0.650. The average molecular weight is 188 g/mol. The van der Waals surface area contributed by atoms with E-state index in [1.54, 1.807) is 0 Å². The lowest BCUT2D eigenvalue weighted by atomic mass is 10.2. The predicted octanol–water partition coefficient (Wildman–Crippen LogP) is -0.486. The van der Waals surface area contributed by atoms with E-state index in [1.165, 1.54) is 0 Å². The van der Waals surface area contributed by atoms with Crippen LogP contribution in [0, 0.1) is 0 Å². The van der Waals surface area contributed by atoms with E-state index < -0.39 is 12.0 Å². The zero-order valence-corrected chi connectivity index (χ0v) is 7.53. The lowest BCUT2D eigenvalue weighted by Crippen LogP contribution is -2.45. The second kappa shape index (κ2) is 5.16. The first-order valence-electron chi connectivity index (χ1n) is 4.53. The molecule has 1 rings (SSSR count). The van der Waals surface area contributed by atoms with E-state index in [1.807, 2.05) is 0 Å². The van der Waals surface area contributed by atoms with E-state index in [4.69, 9.17) is 15.6 Å². The molecule has 2 atom stereocenters. The van der Waals surface area contributed by atoms with Crippen LogP contribution in [0.2, 0.25) is 0 Å². The highest BCUT2D eigenvalue weighted by Crippen LogP contribution is 2.09. The Kier molecular flexibility index (Phi) is 4.14. The maximum atomic E-state index is 10.4. The number of carboxylic acids is 1. The zero-order valence-electron chi connectivity index (χ0n) is 7.53. The number of nitrogens with two attached hydrogens (primary N) is 1. The van der Waals surface area contributed by atoms with Gasteiger partial charge in [0, 0.05) is 13.2 Å². The topological polar surface area (TPSA) is 84.6 Å². The van der Waals surface area contributed by atoms with Crippen LogP contribution in [0.4, 0.5) is 0 Å². The SMILES string of the molecule is NC(CNC1CCCCO1)C(=O)O. The molecule has 1 aliphatic heterocycles. The number of ether oxygens (including phenoxy) is 1. The predicted molar refractivity (Wildman–Crippen MR) is 47.2 cm³/mol. The highest BCUT2D eigenvalue weighted by Gasteiger charge is 2.16. The lowest BCUT2D eigenvalue weighted by molar-refractivity contribution is -0.138. The van der Waals surface area contributed by atoms with Crippen LogP contribution in [0.5, 0.6) is 0 Å². The van der Waals surface area contributed by atoms with Gasteiger partial charge in [-0.15, -0.1) is 0 Å². The Morgan fingerprint density at radius 3 is 3.00 bits per heavy atom. The summed E-state index contributed by atoms with van der Waals surface area (Å²) in [5.41, 5.74) is 5.32. The highest BCUT2D eigenvalue weighted by atomic mass is 16.5. The summed E-state index contributed by atoms with van der Waals surface area (Å²) in [6.07, 6.45) is 3.13. The van der Waals surface area contributed by atoms with Gasteiger partial charge in [-0.25, -0.2) is 0 Å². The van der Waals surface area contributed by atoms with Crippen LogP contribution in [0.1, 0.15) is 19.3 Å². The molecule has 0 amide bonds. The average Bonchev–Trinajstić information content (AvgIpc) is 2.15. The van der Waals surface area contributed by atoms with Crippen molar-refractivity contribution in [2.45, 2.75) is 31.5 Å². The summed E-state index contributed by atoms with van der Waals surface area (Å²) in [6, 6.07) is -0.842. The number of nitrogens with one attached hydrogen (secondary N) is 1. The molecule has 0 bridgehead atoms. The van der Waals surface area contributed by atoms with Gasteiger partial charge in [-0.05, 0) is 19.3 Å². The van der Waals surface area contributed by atoms with Crippen LogP contribution in [-0.4, -0.2) is 36.5 Å². The molecule has 0 spiro atoms. The first-order chi connectivity index (χ1) is 6.20. The summed E-state index contributed by atoms with van der Waals surface area (Å²) in [5, 5.41) is 11.5. The molecule has 0 aromatic carbocycles. The van der Waals surface area contributed by atoms with E-state index in [-0.39, 0.29) is 12.8 Å². The molecule has 1 saturated heterocycles. The molecule has 1 fully saturated rings. The number of rotatable bonds is 4. The molecule has 0 aromatic heterocycles. The van der Waals surface area contributed by atoms with Crippen molar-refractivity contribution in [1.29, 1.82) is 0 Å². The third-order valence-corrected chi connectivity index (χ3v) is 2.06. The third kappa shape index (κ3) is 3.71. The Balaban J connectivity index is 2.13. The summed E-state index contributed by atoms with van der Waals surface area (Å²) >= 11 is 0. The Bertz CT molecular complexity index is 169. The first kappa shape index (κ1) is 10.4. The number of carbonyl (C=O) groups is 1. The molecule has 5 heteroatoms. The van der Waals surface area contributed by atoms with Crippen LogP contribution in [0.15, 0.2) is 0 Å². The fourth-order valence-electron chi connectivity index (χ4n) is 1.25. The normalized spacial score (nSPS) is 25.5. The quantitative estimate of drug-likeness (QED) is 0.554. The molecular weight excluding hydrogens is 172 g/mol. The minimum atomic E-state index is -0.983. The molecule has 1 heterocycles. The molecule has 13 heavy (non-hydrogen) atoms. The van der Waals surface area contributed by atoms with Crippen LogP contribution in [0.3, 0.4) is 0 Å². The van der Waals surface area contributed by atoms with Gasteiger partial charge >= 0.3 is 5.97 Å². The minimum absolute atomic E-state index is 0.0147. The minimum Gasteiger partial charge on any atom is -0.480 e. The van der Waals surface area contributed by atoms with Crippen LogP contribution < -0.4 is 11.1 Å². The summed E-state index contributed by atoms with van der Waals surface area (Å²) < 4.78 is 5.35. The Morgan fingerprint density at radius 1 is 1.69 bits per heavy atom. The first-order valence-corrected chi connectivity index (χ1v) is 4.53. The van der Waals surface area contributed by atoms with Crippen molar-refractivity contribution in [1.82, 2.24) is 5.32 Å². The van der Waals surface area contributed by atoms with Gasteiger partial charge in [0.25, 0.3) is 0 Å². The second-order valence-electron chi connectivity index (χ2n) is 3.21. The fraction of sp³-hybridized carbons (Fsp3) is 0.875. The van der Waals surface area contributed by atoms with Crippen molar-refractivity contribution in [3.63, 3.8) is 0 Å². The fourth-order valence-corrected chi connectivity index (χ4v) is 1.25. The molecule has 76 valence electrons. The van der Waals surface area contributed by atoms with E-state index in [0.29, 0.717) is 0 Å². The molecule has 2 unspecified atom stereocenters. The van der Waals surface area contributed by atoms with Gasteiger partial charge in [0.05, 0.1) is 0 Å². The summed E-state index contributed by atoms with van der Waals surface area (Å²) in [5.74, 6) is -0.983. The highest BCUT2D eigenvalue weighted by molar-refractivity contribution is 5.73. The van der Waals surface area contributed by atoms with Gasteiger partial charge in [0.1, 0.15) is 12.3 Å². The maximum Gasteiger partial charge on any atom is 0.321 e. The third-order valence-electron chi connectivity index (χ3n) is 2.06. The molecule has 0 radical (unpaired) electrons. The van der Waals surface area contributed by atoms with E-state index in [0.717, 1.165) is 25.9 Å². The van der Waals surface area contributed by atoms with Gasteiger partial charge in [-0.1, -0.05) is 0 Å². The van der Waals surface area contributed by atoms with Crippen molar-refractivity contribution in [3.8, 4) is 0 Å². The van der Waals surface area contributed by atoms with Gasteiger partial charge in [-0.2, -0.15) is 0 Å². The molecule has 4 N–H and O–H groups in total. The number of hydrogen-bond donors (Lipinski definition) is 3. The monoisotopic (exact) mass is 188 g/mol. The summed E-state index contributed by atoms with van der Waals surface area (Å²) in [4.78, 5) is 10.4. The van der Waals surface area contributed by atoms with Gasteiger partial charge in [0.2, 0.25) is 0 Å². The van der Waals surface area contributed by atoms with Crippen molar-refractivity contribution in [2.75, 3.05) is 13.2 Å².